The lowest BCUT2D eigenvalue weighted by Gasteiger charge is -2.28. The molecule has 0 saturated heterocycles. The summed E-state index contributed by atoms with van der Waals surface area (Å²) in [6.07, 6.45) is 0.387. The van der Waals surface area contributed by atoms with E-state index >= 15 is 0 Å². The third-order valence-corrected chi connectivity index (χ3v) is 4.89. The van der Waals surface area contributed by atoms with Crippen LogP contribution < -0.4 is 10.3 Å². The molecular weight excluding hydrogens is 380 g/mol. The Labute approximate surface area is 164 Å². The molecule has 0 unspecified atom stereocenters. The van der Waals surface area contributed by atoms with Crippen molar-refractivity contribution in [2.45, 2.75) is 13.0 Å². The second kappa shape index (κ2) is 7.46. The number of H-pyrrole nitrogens is 1. The molecule has 0 fully saturated rings. The number of nitrogens with one attached hydrogen (secondary N) is 1. The molecule has 1 aromatic heterocycles. The lowest BCUT2D eigenvalue weighted by molar-refractivity contribution is 0.0732. The molecule has 8 heteroatoms. The van der Waals surface area contributed by atoms with Crippen molar-refractivity contribution >= 4 is 5.91 Å². The van der Waals surface area contributed by atoms with Crippen molar-refractivity contribution in [2.24, 2.45) is 0 Å². The summed E-state index contributed by atoms with van der Waals surface area (Å²) in [5.74, 6) is -1.36. The predicted octanol–water partition coefficient (Wildman–Crippen LogP) is 2.92. The van der Waals surface area contributed by atoms with Crippen LogP contribution in [0.2, 0.25) is 0 Å². The van der Waals surface area contributed by atoms with Gasteiger partial charge in [-0.05, 0) is 42.5 Å². The highest BCUT2D eigenvalue weighted by Crippen LogP contribution is 2.22. The van der Waals surface area contributed by atoms with Crippen LogP contribution in [0.1, 0.15) is 21.6 Å². The number of amides is 1. The van der Waals surface area contributed by atoms with E-state index in [0.29, 0.717) is 35.5 Å². The van der Waals surface area contributed by atoms with Gasteiger partial charge in [-0.25, -0.2) is 13.8 Å². The molecule has 0 spiro atoms. The lowest BCUT2D eigenvalue weighted by atomic mass is 10.0. The molecule has 1 aliphatic rings. The molecule has 1 N–H and O–H groups in total. The standard InChI is InChI=1S/C21H17F2N3O3/c1-29-14-5-2-12(3-6-14)21(28)26-9-8-18-15(11-26)20(27)25-19(24-18)13-4-7-16(22)17(23)10-13/h2-7,10H,8-9,11H2,1H3,(H,24,25,27). The SMILES string of the molecule is COc1ccc(C(=O)N2CCc3nc(-c4ccc(F)c(F)c4)[nH]c(=O)c3C2)cc1. The number of carbonyl (C=O) groups excluding carboxylic acids is 1. The molecule has 1 amide bonds. The van der Waals surface area contributed by atoms with Gasteiger partial charge < -0.3 is 14.6 Å². The molecule has 1 aliphatic heterocycles. The minimum atomic E-state index is -1.01. The van der Waals surface area contributed by atoms with Crippen LogP contribution >= 0.6 is 0 Å². The highest BCUT2D eigenvalue weighted by atomic mass is 19.2. The topological polar surface area (TPSA) is 75.3 Å². The first-order valence-electron chi connectivity index (χ1n) is 8.97. The van der Waals surface area contributed by atoms with Gasteiger partial charge in [0.2, 0.25) is 0 Å². The van der Waals surface area contributed by atoms with Gasteiger partial charge in [-0.15, -0.1) is 0 Å². The number of methoxy groups -OCH3 is 1. The number of aromatic amines is 1. The number of ether oxygens (including phenoxy) is 1. The number of nitrogens with zero attached hydrogens (tertiary/aromatic N) is 2. The fourth-order valence-electron chi connectivity index (χ4n) is 3.29. The van der Waals surface area contributed by atoms with Gasteiger partial charge in [0.05, 0.1) is 24.9 Å². The Hall–Kier alpha value is -3.55. The van der Waals surface area contributed by atoms with Crippen LogP contribution in [0.3, 0.4) is 0 Å². The number of benzene rings is 2. The number of hydrogen-bond acceptors (Lipinski definition) is 4. The van der Waals surface area contributed by atoms with Crippen LogP contribution in [0.15, 0.2) is 47.3 Å². The van der Waals surface area contributed by atoms with E-state index in [-0.39, 0.29) is 23.8 Å². The van der Waals surface area contributed by atoms with E-state index in [9.17, 15) is 18.4 Å². The Kier molecular flexibility index (Phi) is 4.84. The van der Waals surface area contributed by atoms with Gasteiger partial charge in [-0.2, -0.15) is 0 Å². The van der Waals surface area contributed by atoms with Crippen LogP contribution in [0, 0.1) is 11.6 Å². The first-order chi connectivity index (χ1) is 14.0. The number of halogens is 2. The van der Waals surface area contributed by atoms with Gasteiger partial charge in [0.1, 0.15) is 11.6 Å². The van der Waals surface area contributed by atoms with Gasteiger partial charge in [0.25, 0.3) is 11.5 Å². The number of rotatable bonds is 3. The Morgan fingerprint density at radius 1 is 1.14 bits per heavy atom. The van der Waals surface area contributed by atoms with Crippen LogP contribution in [0.5, 0.6) is 5.75 Å². The summed E-state index contributed by atoms with van der Waals surface area (Å²) in [5, 5.41) is 0. The van der Waals surface area contributed by atoms with Crippen molar-refractivity contribution in [2.75, 3.05) is 13.7 Å². The average molecular weight is 397 g/mol. The molecule has 2 heterocycles. The Bertz CT molecular complexity index is 1140. The maximum atomic E-state index is 13.5. The smallest absolute Gasteiger partial charge is 0.256 e. The summed E-state index contributed by atoms with van der Waals surface area (Å²) in [6.45, 7) is 0.520. The van der Waals surface area contributed by atoms with Crippen molar-refractivity contribution in [1.82, 2.24) is 14.9 Å². The van der Waals surface area contributed by atoms with Crippen molar-refractivity contribution < 1.29 is 18.3 Å². The van der Waals surface area contributed by atoms with E-state index in [0.717, 1.165) is 12.1 Å². The fourth-order valence-corrected chi connectivity index (χ4v) is 3.29. The second-order valence-electron chi connectivity index (χ2n) is 6.67. The monoisotopic (exact) mass is 397 g/mol. The van der Waals surface area contributed by atoms with Gasteiger partial charge in [-0.1, -0.05) is 0 Å². The first-order valence-corrected chi connectivity index (χ1v) is 8.97. The van der Waals surface area contributed by atoms with Crippen molar-refractivity contribution in [3.05, 3.63) is 81.3 Å². The third kappa shape index (κ3) is 3.61. The minimum absolute atomic E-state index is 0.126. The highest BCUT2D eigenvalue weighted by Gasteiger charge is 2.25. The number of fused-ring (bicyclic) bond motifs is 1. The van der Waals surface area contributed by atoms with Crippen molar-refractivity contribution in [1.29, 1.82) is 0 Å². The van der Waals surface area contributed by atoms with Gasteiger partial charge >= 0.3 is 0 Å². The summed E-state index contributed by atoms with van der Waals surface area (Å²) < 4.78 is 31.8. The molecular formula is C21H17F2N3O3. The molecule has 4 rings (SSSR count). The van der Waals surface area contributed by atoms with E-state index in [1.807, 2.05) is 0 Å². The van der Waals surface area contributed by atoms with E-state index in [2.05, 4.69) is 9.97 Å². The van der Waals surface area contributed by atoms with Crippen LogP contribution in [-0.4, -0.2) is 34.4 Å². The normalized spacial score (nSPS) is 13.1. The third-order valence-electron chi connectivity index (χ3n) is 4.89. The summed E-state index contributed by atoms with van der Waals surface area (Å²) in [6, 6.07) is 10.1. The van der Waals surface area contributed by atoms with E-state index in [4.69, 9.17) is 4.74 Å². The summed E-state index contributed by atoms with van der Waals surface area (Å²) in [5.41, 5.74) is 1.32. The lowest BCUT2D eigenvalue weighted by Crippen LogP contribution is -2.39. The van der Waals surface area contributed by atoms with Crippen LogP contribution in [0.4, 0.5) is 8.78 Å². The molecule has 6 nitrogen and oxygen atoms in total. The van der Waals surface area contributed by atoms with Crippen molar-refractivity contribution in [3.8, 4) is 17.1 Å². The van der Waals surface area contributed by atoms with Gasteiger partial charge in [0, 0.05) is 24.1 Å². The number of aromatic nitrogens is 2. The summed E-state index contributed by atoms with van der Waals surface area (Å²) >= 11 is 0. The molecule has 29 heavy (non-hydrogen) atoms. The predicted molar refractivity (Wildman–Crippen MR) is 102 cm³/mol. The zero-order valence-corrected chi connectivity index (χ0v) is 15.5. The highest BCUT2D eigenvalue weighted by molar-refractivity contribution is 5.94. The Morgan fingerprint density at radius 3 is 2.59 bits per heavy atom. The van der Waals surface area contributed by atoms with E-state index in [1.165, 1.54) is 6.07 Å². The maximum absolute atomic E-state index is 13.5. The Balaban J connectivity index is 1.60. The number of hydrogen-bond donors (Lipinski definition) is 1. The van der Waals surface area contributed by atoms with Crippen LogP contribution in [0.25, 0.3) is 11.4 Å². The average Bonchev–Trinajstić information content (AvgIpc) is 2.75. The van der Waals surface area contributed by atoms with Gasteiger partial charge in [0.15, 0.2) is 11.6 Å². The van der Waals surface area contributed by atoms with Gasteiger partial charge in [-0.3, -0.25) is 9.59 Å². The molecule has 0 saturated carbocycles. The molecule has 3 aromatic rings. The second-order valence-corrected chi connectivity index (χ2v) is 6.67. The summed E-state index contributed by atoms with van der Waals surface area (Å²) in [7, 11) is 1.55. The largest absolute Gasteiger partial charge is 0.497 e. The molecule has 0 bridgehead atoms. The van der Waals surface area contributed by atoms with Crippen molar-refractivity contribution in [3.63, 3.8) is 0 Å². The summed E-state index contributed by atoms with van der Waals surface area (Å²) in [4.78, 5) is 33.9. The van der Waals surface area contributed by atoms with E-state index in [1.54, 1.807) is 36.3 Å². The maximum Gasteiger partial charge on any atom is 0.256 e. The van der Waals surface area contributed by atoms with Crippen LogP contribution in [-0.2, 0) is 13.0 Å². The zero-order chi connectivity index (χ0) is 20.5. The molecule has 148 valence electrons. The first kappa shape index (κ1) is 18.8. The molecule has 0 radical (unpaired) electrons. The zero-order valence-electron chi connectivity index (χ0n) is 15.5. The fraction of sp³-hybridized carbons (Fsp3) is 0.190. The number of carbonyl (C=O) groups is 1. The van der Waals surface area contributed by atoms with E-state index < -0.39 is 17.2 Å². The quantitative estimate of drug-likeness (QED) is 0.738. The molecule has 0 atom stereocenters. The molecule has 2 aromatic carbocycles. The molecule has 0 aliphatic carbocycles. The Morgan fingerprint density at radius 2 is 1.90 bits per heavy atom. The minimum Gasteiger partial charge on any atom is -0.497 e.